The summed E-state index contributed by atoms with van der Waals surface area (Å²) in [5.74, 6) is 1.75. The minimum Gasteiger partial charge on any atom is -0.497 e. The molecule has 2 heterocycles. The van der Waals surface area contributed by atoms with Crippen LogP contribution in [0.2, 0.25) is 0 Å². The Hall–Kier alpha value is -3.54. The lowest BCUT2D eigenvalue weighted by atomic mass is 10.0. The van der Waals surface area contributed by atoms with Gasteiger partial charge < -0.3 is 19.7 Å². The third kappa shape index (κ3) is 4.01. The van der Waals surface area contributed by atoms with Crippen LogP contribution in [0.5, 0.6) is 11.5 Å². The molecule has 0 radical (unpaired) electrons. The number of para-hydroxylation sites is 1. The van der Waals surface area contributed by atoms with Crippen LogP contribution in [-0.4, -0.2) is 31.7 Å². The van der Waals surface area contributed by atoms with Crippen molar-refractivity contribution >= 4 is 23.1 Å². The van der Waals surface area contributed by atoms with E-state index in [0.29, 0.717) is 22.7 Å². The number of hydrogen-bond acceptors (Lipinski definition) is 5. The van der Waals surface area contributed by atoms with E-state index in [4.69, 9.17) is 9.47 Å². The number of anilines is 3. The molecule has 0 unspecified atom stereocenters. The third-order valence-corrected chi connectivity index (χ3v) is 5.01. The number of amides is 1. The van der Waals surface area contributed by atoms with Crippen LogP contribution >= 0.6 is 0 Å². The molecule has 1 aliphatic heterocycles. The van der Waals surface area contributed by atoms with Crippen molar-refractivity contribution in [2.45, 2.75) is 12.8 Å². The number of rotatable bonds is 5. The number of nitrogens with zero attached hydrogens (tertiary/aromatic N) is 2. The van der Waals surface area contributed by atoms with Gasteiger partial charge in [-0.05, 0) is 48.7 Å². The van der Waals surface area contributed by atoms with Crippen molar-refractivity contribution in [3.8, 4) is 11.5 Å². The van der Waals surface area contributed by atoms with Crippen molar-refractivity contribution in [3.05, 3.63) is 71.9 Å². The van der Waals surface area contributed by atoms with Crippen LogP contribution in [0.3, 0.4) is 0 Å². The number of pyridine rings is 1. The molecule has 0 atom stereocenters. The molecule has 0 saturated carbocycles. The van der Waals surface area contributed by atoms with Gasteiger partial charge in [0.15, 0.2) is 0 Å². The number of aryl methyl sites for hydroxylation is 1. The van der Waals surface area contributed by atoms with E-state index in [1.54, 1.807) is 38.6 Å². The van der Waals surface area contributed by atoms with Crippen molar-refractivity contribution in [2.75, 3.05) is 31.0 Å². The van der Waals surface area contributed by atoms with Gasteiger partial charge in [0.2, 0.25) is 0 Å². The molecule has 6 nitrogen and oxygen atoms in total. The maximum absolute atomic E-state index is 12.6. The van der Waals surface area contributed by atoms with Crippen LogP contribution in [0, 0.1) is 0 Å². The number of methoxy groups -OCH3 is 2. The maximum Gasteiger partial charge on any atom is 0.255 e. The molecule has 1 N–H and O–H groups in total. The Labute approximate surface area is 170 Å². The van der Waals surface area contributed by atoms with E-state index in [2.05, 4.69) is 33.4 Å². The Bertz CT molecular complexity index is 996. The van der Waals surface area contributed by atoms with Crippen LogP contribution in [0.15, 0.2) is 60.8 Å². The molecule has 0 saturated heterocycles. The Kier molecular flexibility index (Phi) is 5.33. The normalized spacial score (nSPS) is 12.8. The summed E-state index contributed by atoms with van der Waals surface area (Å²) in [5, 5.41) is 2.88. The highest BCUT2D eigenvalue weighted by atomic mass is 16.5. The Morgan fingerprint density at radius 1 is 1.03 bits per heavy atom. The predicted molar refractivity (Wildman–Crippen MR) is 114 cm³/mol. The van der Waals surface area contributed by atoms with E-state index in [9.17, 15) is 4.79 Å². The van der Waals surface area contributed by atoms with Crippen LogP contribution in [0.25, 0.3) is 0 Å². The van der Waals surface area contributed by atoms with Crippen molar-refractivity contribution in [1.82, 2.24) is 4.98 Å². The Morgan fingerprint density at radius 3 is 2.48 bits per heavy atom. The van der Waals surface area contributed by atoms with E-state index in [0.717, 1.165) is 25.2 Å². The summed E-state index contributed by atoms with van der Waals surface area (Å²) in [5.41, 5.74) is 3.62. The monoisotopic (exact) mass is 389 g/mol. The van der Waals surface area contributed by atoms with E-state index in [1.165, 1.54) is 11.3 Å². The Morgan fingerprint density at radius 2 is 1.79 bits per heavy atom. The standard InChI is InChI=1S/C23H23N3O3/c1-28-19-12-17(13-20(14-19)29-2)23(27)25-18-9-10-22(24-15-18)26-11-5-7-16-6-3-4-8-21(16)26/h3-4,6,8-10,12-15H,5,7,11H2,1-2H3,(H,25,27). The molecule has 0 aliphatic carbocycles. The zero-order valence-corrected chi connectivity index (χ0v) is 16.5. The smallest absolute Gasteiger partial charge is 0.255 e. The van der Waals surface area contributed by atoms with Gasteiger partial charge in [0.05, 0.1) is 26.1 Å². The number of carbonyl (C=O) groups is 1. The molecule has 0 spiro atoms. The number of aromatic nitrogens is 1. The highest BCUT2D eigenvalue weighted by molar-refractivity contribution is 6.04. The molecule has 0 fully saturated rings. The summed E-state index contributed by atoms with van der Waals surface area (Å²) in [4.78, 5) is 19.4. The molecule has 4 rings (SSSR count). The first-order valence-corrected chi connectivity index (χ1v) is 9.54. The summed E-state index contributed by atoms with van der Waals surface area (Å²) >= 11 is 0. The summed E-state index contributed by atoms with van der Waals surface area (Å²) < 4.78 is 10.5. The maximum atomic E-state index is 12.6. The van der Waals surface area contributed by atoms with Crippen LogP contribution in [-0.2, 0) is 6.42 Å². The fraction of sp³-hybridized carbons (Fsp3) is 0.217. The molecule has 148 valence electrons. The first-order valence-electron chi connectivity index (χ1n) is 9.54. The van der Waals surface area contributed by atoms with E-state index in [-0.39, 0.29) is 5.91 Å². The second kappa shape index (κ2) is 8.22. The molecule has 2 aromatic carbocycles. The lowest BCUT2D eigenvalue weighted by Gasteiger charge is -2.30. The SMILES string of the molecule is COc1cc(OC)cc(C(=O)Nc2ccc(N3CCCc4ccccc43)nc2)c1. The summed E-state index contributed by atoms with van der Waals surface area (Å²) in [6.45, 7) is 0.930. The molecule has 1 aliphatic rings. The van der Waals surface area contributed by atoms with Crippen LogP contribution < -0.4 is 19.7 Å². The number of ether oxygens (including phenoxy) is 2. The van der Waals surface area contributed by atoms with Crippen molar-refractivity contribution in [3.63, 3.8) is 0 Å². The number of benzene rings is 2. The average molecular weight is 389 g/mol. The minimum absolute atomic E-state index is 0.250. The summed E-state index contributed by atoms with van der Waals surface area (Å²) in [7, 11) is 3.11. The molecule has 3 aromatic rings. The molecule has 1 amide bonds. The van der Waals surface area contributed by atoms with Gasteiger partial charge in [-0.15, -0.1) is 0 Å². The van der Waals surface area contributed by atoms with E-state index >= 15 is 0 Å². The zero-order valence-electron chi connectivity index (χ0n) is 16.5. The lowest BCUT2D eigenvalue weighted by Crippen LogP contribution is -2.25. The molecule has 6 heteroatoms. The van der Waals surface area contributed by atoms with Crippen LogP contribution in [0.4, 0.5) is 17.2 Å². The summed E-state index contributed by atoms with van der Waals surface area (Å²) in [6, 6.07) is 17.3. The van der Waals surface area contributed by atoms with Crippen molar-refractivity contribution in [1.29, 1.82) is 0 Å². The summed E-state index contributed by atoms with van der Waals surface area (Å²) in [6.07, 6.45) is 3.86. The van der Waals surface area contributed by atoms with Crippen molar-refractivity contribution in [2.24, 2.45) is 0 Å². The fourth-order valence-electron chi connectivity index (χ4n) is 3.53. The molecular formula is C23H23N3O3. The second-order valence-electron chi connectivity index (χ2n) is 6.84. The number of carbonyl (C=O) groups excluding carboxylic acids is 1. The van der Waals surface area contributed by atoms with Gasteiger partial charge in [0, 0.05) is 23.9 Å². The molecule has 29 heavy (non-hydrogen) atoms. The third-order valence-electron chi connectivity index (χ3n) is 5.01. The number of hydrogen-bond donors (Lipinski definition) is 1. The van der Waals surface area contributed by atoms with Gasteiger partial charge in [-0.2, -0.15) is 0 Å². The van der Waals surface area contributed by atoms with E-state index in [1.807, 2.05) is 18.2 Å². The molecular weight excluding hydrogens is 366 g/mol. The van der Waals surface area contributed by atoms with Gasteiger partial charge in [-0.1, -0.05) is 18.2 Å². The van der Waals surface area contributed by atoms with E-state index < -0.39 is 0 Å². The van der Waals surface area contributed by atoms with Gasteiger partial charge in [0.25, 0.3) is 5.91 Å². The van der Waals surface area contributed by atoms with Crippen LogP contribution in [0.1, 0.15) is 22.3 Å². The molecule has 1 aromatic heterocycles. The highest BCUT2D eigenvalue weighted by Crippen LogP contribution is 2.32. The minimum atomic E-state index is -0.250. The van der Waals surface area contributed by atoms with Gasteiger partial charge in [0.1, 0.15) is 17.3 Å². The quantitative estimate of drug-likeness (QED) is 0.699. The Balaban J connectivity index is 1.52. The topological polar surface area (TPSA) is 63.7 Å². The molecule has 0 bridgehead atoms. The van der Waals surface area contributed by atoms with Gasteiger partial charge >= 0.3 is 0 Å². The lowest BCUT2D eigenvalue weighted by molar-refractivity contribution is 0.102. The fourth-order valence-corrected chi connectivity index (χ4v) is 3.53. The second-order valence-corrected chi connectivity index (χ2v) is 6.84. The zero-order chi connectivity index (χ0) is 20.2. The van der Waals surface area contributed by atoms with Crippen molar-refractivity contribution < 1.29 is 14.3 Å². The first kappa shape index (κ1) is 18.8. The predicted octanol–water partition coefficient (Wildman–Crippen LogP) is 4.44. The largest absolute Gasteiger partial charge is 0.497 e. The first-order chi connectivity index (χ1) is 14.2. The van der Waals surface area contributed by atoms with Gasteiger partial charge in [-0.3, -0.25) is 4.79 Å². The van der Waals surface area contributed by atoms with Gasteiger partial charge in [-0.25, -0.2) is 4.98 Å². The highest BCUT2D eigenvalue weighted by Gasteiger charge is 2.18. The average Bonchev–Trinajstić information content (AvgIpc) is 2.78. The number of fused-ring (bicyclic) bond motifs is 1. The number of nitrogens with one attached hydrogen (secondary N) is 1.